The summed E-state index contributed by atoms with van der Waals surface area (Å²) in [7, 11) is 0. The first-order valence-electron chi connectivity index (χ1n) is 7.25. The summed E-state index contributed by atoms with van der Waals surface area (Å²) in [5.74, 6) is 0.272. The van der Waals surface area contributed by atoms with Gasteiger partial charge in [0.1, 0.15) is 18.5 Å². The zero-order chi connectivity index (χ0) is 16.7. The standard InChI is InChI=1S/C19H19NO3/c1-4-19(21)23-14(2)13-22-18-11-7-16(8-12-18)15-5-9-17(20-3)10-6-15/h4-12,14H,1,3,13H2,2H3/t14-/m0/s1. The number of hydrogen-bond acceptors (Lipinski definition) is 4. The van der Waals surface area contributed by atoms with Gasteiger partial charge in [0.05, 0.1) is 5.69 Å². The lowest BCUT2D eigenvalue weighted by molar-refractivity contribution is -0.143. The fraction of sp³-hybridized carbons (Fsp3) is 0.158. The summed E-state index contributed by atoms with van der Waals surface area (Å²) < 4.78 is 10.6. The van der Waals surface area contributed by atoms with Crippen molar-refractivity contribution in [2.75, 3.05) is 6.61 Å². The highest BCUT2D eigenvalue weighted by molar-refractivity contribution is 5.81. The Bertz CT molecular complexity index is 675. The van der Waals surface area contributed by atoms with E-state index in [0.717, 1.165) is 28.6 Å². The first-order chi connectivity index (χ1) is 11.1. The predicted octanol–water partition coefficient (Wildman–Crippen LogP) is 4.18. The molecule has 0 amide bonds. The maximum Gasteiger partial charge on any atom is 0.330 e. The van der Waals surface area contributed by atoms with E-state index >= 15 is 0 Å². The summed E-state index contributed by atoms with van der Waals surface area (Å²) in [6.45, 7) is 8.92. The van der Waals surface area contributed by atoms with E-state index < -0.39 is 5.97 Å². The van der Waals surface area contributed by atoms with Crippen molar-refractivity contribution < 1.29 is 14.3 Å². The summed E-state index contributed by atoms with van der Waals surface area (Å²) in [6.07, 6.45) is 0.803. The van der Waals surface area contributed by atoms with Crippen molar-refractivity contribution in [3.8, 4) is 16.9 Å². The molecule has 118 valence electrons. The summed E-state index contributed by atoms with van der Waals surface area (Å²) in [5, 5.41) is 0. The highest BCUT2D eigenvalue weighted by atomic mass is 16.6. The van der Waals surface area contributed by atoms with Crippen molar-refractivity contribution in [3.63, 3.8) is 0 Å². The molecule has 23 heavy (non-hydrogen) atoms. The molecule has 0 aromatic heterocycles. The maximum absolute atomic E-state index is 11.1. The van der Waals surface area contributed by atoms with Crippen LogP contribution in [0.15, 0.2) is 66.2 Å². The van der Waals surface area contributed by atoms with E-state index in [1.54, 1.807) is 6.92 Å². The molecule has 2 rings (SSSR count). The molecule has 1 atom stereocenters. The predicted molar refractivity (Wildman–Crippen MR) is 92.3 cm³/mol. The molecule has 0 radical (unpaired) electrons. The SMILES string of the molecule is C=CC(=O)O[C@@H](C)COc1ccc(-c2ccc(N=C)cc2)cc1. The van der Waals surface area contributed by atoms with E-state index in [9.17, 15) is 4.79 Å². The van der Waals surface area contributed by atoms with Gasteiger partial charge in [-0.25, -0.2) is 4.79 Å². The van der Waals surface area contributed by atoms with Gasteiger partial charge < -0.3 is 9.47 Å². The second-order valence-electron chi connectivity index (χ2n) is 4.99. The summed E-state index contributed by atoms with van der Waals surface area (Å²) in [6, 6.07) is 15.6. The molecule has 0 aliphatic rings. The van der Waals surface area contributed by atoms with Crippen LogP contribution in [0.3, 0.4) is 0 Å². The lowest BCUT2D eigenvalue weighted by Gasteiger charge is -2.13. The molecular weight excluding hydrogens is 290 g/mol. The molecule has 2 aromatic carbocycles. The summed E-state index contributed by atoms with van der Waals surface area (Å²) in [4.78, 5) is 14.9. The Balaban J connectivity index is 1.94. The van der Waals surface area contributed by atoms with Gasteiger partial charge in [0, 0.05) is 6.08 Å². The number of rotatable bonds is 7. The number of hydrogen-bond donors (Lipinski definition) is 0. The Kier molecular flexibility index (Phi) is 5.69. The van der Waals surface area contributed by atoms with Gasteiger partial charge in [0.25, 0.3) is 0 Å². The van der Waals surface area contributed by atoms with E-state index in [2.05, 4.69) is 18.3 Å². The molecule has 0 heterocycles. The lowest BCUT2D eigenvalue weighted by Crippen LogP contribution is -2.20. The minimum Gasteiger partial charge on any atom is -0.490 e. The maximum atomic E-state index is 11.1. The van der Waals surface area contributed by atoms with Crippen molar-refractivity contribution in [1.29, 1.82) is 0 Å². The monoisotopic (exact) mass is 309 g/mol. The lowest BCUT2D eigenvalue weighted by atomic mass is 10.1. The average molecular weight is 309 g/mol. The number of benzene rings is 2. The van der Waals surface area contributed by atoms with Gasteiger partial charge in [0.2, 0.25) is 0 Å². The second-order valence-corrected chi connectivity index (χ2v) is 4.99. The highest BCUT2D eigenvalue weighted by Gasteiger charge is 2.07. The third kappa shape index (κ3) is 4.81. The highest BCUT2D eigenvalue weighted by Crippen LogP contribution is 2.24. The van der Waals surface area contributed by atoms with E-state index in [1.165, 1.54) is 0 Å². The van der Waals surface area contributed by atoms with Crippen LogP contribution in [0.25, 0.3) is 11.1 Å². The zero-order valence-corrected chi connectivity index (χ0v) is 13.1. The van der Waals surface area contributed by atoms with Crippen LogP contribution in [0.4, 0.5) is 5.69 Å². The van der Waals surface area contributed by atoms with E-state index in [1.807, 2.05) is 48.5 Å². The Morgan fingerprint density at radius 1 is 1.13 bits per heavy atom. The topological polar surface area (TPSA) is 47.9 Å². The molecule has 0 saturated carbocycles. The number of carbonyl (C=O) groups excluding carboxylic acids is 1. The molecule has 0 spiro atoms. The van der Waals surface area contributed by atoms with Crippen LogP contribution in [0.5, 0.6) is 5.75 Å². The van der Waals surface area contributed by atoms with E-state index in [4.69, 9.17) is 9.47 Å². The van der Waals surface area contributed by atoms with Crippen molar-refractivity contribution in [1.82, 2.24) is 0 Å². The number of ether oxygens (including phenoxy) is 2. The van der Waals surface area contributed by atoms with Gasteiger partial charge in [-0.05, 0) is 49.0 Å². The van der Waals surface area contributed by atoms with Crippen molar-refractivity contribution >= 4 is 18.4 Å². The van der Waals surface area contributed by atoms with Crippen LogP contribution < -0.4 is 4.74 Å². The largest absolute Gasteiger partial charge is 0.490 e. The molecule has 0 saturated heterocycles. The number of carbonyl (C=O) groups is 1. The molecule has 4 nitrogen and oxygen atoms in total. The summed E-state index contributed by atoms with van der Waals surface area (Å²) >= 11 is 0. The van der Waals surface area contributed by atoms with Crippen molar-refractivity contribution in [2.24, 2.45) is 4.99 Å². The molecule has 0 fully saturated rings. The van der Waals surface area contributed by atoms with Gasteiger partial charge in [-0.15, -0.1) is 0 Å². The Morgan fingerprint density at radius 2 is 1.70 bits per heavy atom. The zero-order valence-electron chi connectivity index (χ0n) is 13.1. The third-order valence-corrected chi connectivity index (χ3v) is 3.21. The van der Waals surface area contributed by atoms with E-state index in [0.29, 0.717) is 6.61 Å². The molecule has 0 N–H and O–H groups in total. The van der Waals surface area contributed by atoms with Gasteiger partial charge in [-0.3, -0.25) is 4.99 Å². The van der Waals surface area contributed by atoms with Crippen LogP contribution >= 0.6 is 0 Å². The van der Waals surface area contributed by atoms with Crippen LogP contribution in [-0.4, -0.2) is 25.4 Å². The molecule has 0 bridgehead atoms. The van der Waals surface area contributed by atoms with Gasteiger partial charge in [-0.1, -0.05) is 30.8 Å². The molecule has 2 aromatic rings. The smallest absolute Gasteiger partial charge is 0.330 e. The minimum absolute atomic E-state index is 0.290. The first kappa shape index (κ1) is 16.5. The Hall–Kier alpha value is -2.88. The van der Waals surface area contributed by atoms with Crippen molar-refractivity contribution in [2.45, 2.75) is 13.0 Å². The Labute approximate surface area is 136 Å². The molecule has 4 heteroatoms. The average Bonchev–Trinajstić information content (AvgIpc) is 2.60. The fourth-order valence-electron chi connectivity index (χ4n) is 2.00. The molecular formula is C19H19NO3. The van der Waals surface area contributed by atoms with Crippen LogP contribution in [-0.2, 0) is 9.53 Å². The normalized spacial score (nSPS) is 11.3. The minimum atomic E-state index is -0.450. The molecule has 0 unspecified atom stereocenters. The molecule has 0 aliphatic heterocycles. The number of esters is 1. The van der Waals surface area contributed by atoms with Crippen molar-refractivity contribution in [3.05, 3.63) is 61.2 Å². The number of aliphatic imine (C=N–C) groups is 1. The Morgan fingerprint density at radius 3 is 2.22 bits per heavy atom. The van der Waals surface area contributed by atoms with Crippen LogP contribution in [0.2, 0.25) is 0 Å². The molecule has 0 aliphatic carbocycles. The fourth-order valence-corrected chi connectivity index (χ4v) is 2.00. The van der Waals surface area contributed by atoms with Gasteiger partial charge in [-0.2, -0.15) is 0 Å². The van der Waals surface area contributed by atoms with Crippen LogP contribution in [0, 0.1) is 0 Å². The van der Waals surface area contributed by atoms with Crippen LogP contribution in [0.1, 0.15) is 6.92 Å². The third-order valence-electron chi connectivity index (χ3n) is 3.21. The quantitative estimate of drug-likeness (QED) is 0.438. The second kappa shape index (κ2) is 7.94. The van der Waals surface area contributed by atoms with Gasteiger partial charge >= 0.3 is 5.97 Å². The van der Waals surface area contributed by atoms with E-state index in [-0.39, 0.29) is 6.10 Å². The summed E-state index contributed by atoms with van der Waals surface area (Å²) in [5.41, 5.74) is 3.02. The first-order valence-corrected chi connectivity index (χ1v) is 7.25. The van der Waals surface area contributed by atoms with Gasteiger partial charge in [0.15, 0.2) is 0 Å². The number of nitrogens with zero attached hydrogens (tertiary/aromatic N) is 1.